The molecule has 0 bridgehead atoms. The SMILES string of the molecule is CC(O)C(=O)N1CCc2c(nc(Cc3ccc4c(c3)OCO4)c3[nH]c4ccccc4c23)C1. The van der Waals surface area contributed by atoms with E-state index in [9.17, 15) is 9.90 Å². The average molecular weight is 429 g/mol. The van der Waals surface area contributed by atoms with E-state index in [4.69, 9.17) is 14.5 Å². The standard InChI is InChI=1S/C25H23N3O4/c1-14(29)25(30)28-9-8-17-20(12-28)26-19(10-15-6-7-21-22(11-15)32-13-31-21)24-23(17)16-4-2-3-5-18(16)27-24/h2-7,11,14,27,29H,8-10,12-13H2,1H3. The van der Waals surface area contributed by atoms with Crippen LogP contribution in [0.2, 0.25) is 0 Å². The van der Waals surface area contributed by atoms with Crippen LogP contribution in [-0.2, 0) is 24.2 Å². The van der Waals surface area contributed by atoms with Gasteiger partial charge in [0.15, 0.2) is 11.5 Å². The Morgan fingerprint density at radius 1 is 1.22 bits per heavy atom. The number of aliphatic hydroxyl groups excluding tert-OH is 1. The van der Waals surface area contributed by atoms with Crippen LogP contribution in [0.1, 0.15) is 29.4 Å². The van der Waals surface area contributed by atoms with E-state index in [-0.39, 0.29) is 12.7 Å². The number of nitrogens with zero attached hydrogens (tertiary/aromatic N) is 2. The number of amides is 1. The predicted octanol–water partition coefficient (Wildman–Crippen LogP) is 3.30. The molecule has 7 nitrogen and oxygen atoms in total. The molecule has 2 aromatic heterocycles. The maximum Gasteiger partial charge on any atom is 0.251 e. The number of H-pyrrole nitrogens is 1. The fourth-order valence-electron chi connectivity index (χ4n) is 4.83. The summed E-state index contributed by atoms with van der Waals surface area (Å²) in [5, 5.41) is 12.1. The van der Waals surface area contributed by atoms with Gasteiger partial charge in [0.2, 0.25) is 6.79 Å². The molecule has 6 rings (SSSR count). The number of ether oxygens (including phenoxy) is 2. The maximum absolute atomic E-state index is 12.4. The largest absolute Gasteiger partial charge is 0.454 e. The quantitative estimate of drug-likeness (QED) is 0.522. The highest BCUT2D eigenvalue weighted by Crippen LogP contribution is 2.37. The first-order valence-electron chi connectivity index (χ1n) is 10.8. The zero-order valence-corrected chi connectivity index (χ0v) is 17.7. The lowest BCUT2D eigenvalue weighted by atomic mass is 9.96. The highest BCUT2D eigenvalue weighted by Gasteiger charge is 2.28. The van der Waals surface area contributed by atoms with Crippen LogP contribution in [0.25, 0.3) is 21.8 Å². The smallest absolute Gasteiger partial charge is 0.251 e. The molecule has 0 aliphatic carbocycles. The van der Waals surface area contributed by atoms with E-state index in [0.717, 1.165) is 39.5 Å². The number of benzene rings is 2. The molecular weight excluding hydrogens is 406 g/mol. The molecule has 2 aromatic carbocycles. The Bertz CT molecular complexity index is 1370. The van der Waals surface area contributed by atoms with Crippen molar-refractivity contribution in [3.63, 3.8) is 0 Å². The molecule has 2 N–H and O–H groups in total. The topological polar surface area (TPSA) is 87.7 Å². The van der Waals surface area contributed by atoms with E-state index < -0.39 is 6.10 Å². The lowest BCUT2D eigenvalue weighted by Gasteiger charge is -2.30. The van der Waals surface area contributed by atoms with Gasteiger partial charge in [0.1, 0.15) is 6.10 Å². The molecule has 1 amide bonds. The Kier molecular flexibility index (Phi) is 4.33. The molecular formula is C25H23N3O4. The third-order valence-corrected chi connectivity index (χ3v) is 6.36. The fraction of sp³-hybridized carbons (Fsp3) is 0.280. The van der Waals surface area contributed by atoms with Gasteiger partial charge in [-0.25, -0.2) is 0 Å². The second-order valence-corrected chi connectivity index (χ2v) is 8.45. The van der Waals surface area contributed by atoms with Crippen LogP contribution in [0.5, 0.6) is 11.5 Å². The Morgan fingerprint density at radius 3 is 2.94 bits per heavy atom. The van der Waals surface area contributed by atoms with Crippen molar-refractivity contribution >= 4 is 27.7 Å². The molecule has 162 valence electrons. The third kappa shape index (κ3) is 3.00. The van der Waals surface area contributed by atoms with E-state index in [1.54, 1.807) is 4.90 Å². The Morgan fingerprint density at radius 2 is 2.06 bits per heavy atom. The highest BCUT2D eigenvalue weighted by atomic mass is 16.7. The Hall–Kier alpha value is -3.58. The van der Waals surface area contributed by atoms with Crippen molar-refractivity contribution < 1.29 is 19.4 Å². The molecule has 4 heterocycles. The summed E-state index contributed by atoms with van der Waals surface area (Å²) in [5.74, 6) is 1.26. The van der Waals surface area contributed by atoms with Crippen LogP contribution in [0.4, 0.5) is 0 Å². The van der Waals surface area contributed by atoms with Crippen molar-refractivity contribution in [2.75, 3.05) is 13.3 Å². The van der Waals surface area contributed by atoms with Crippen LogP contribution in [0, 0.1) is 0 Å². The number of pyridine rings is 1. The second kappa shape index (κ2) is 7.24. The van der Waals surface area contributed by atoms with E-state index in [2.05, 4.69) is 17.1 Å². The minimum absolute atomic E-state index is 0.245. The number of carbonyl (C=O) groups excluding carboxylic acids is 1. The normalized spacial score (nSPS) is 15.9. The number of rotatable bonds is 3. The van der Waals surface area contributed by atoms with Crippen LogP contribution < -0.4 is 9.47 Å². The van der Waals surface area contributed by atoms with E-state index >= 15 is 0 Å². The summed E-state index contributed by atoms with van der Waals surface area (Å²) >= 11 is 0. The monoisotopic (exact) mass is 429 g/mol. The number of carbonyl (C=O) groups is 1. The number of aromatic nitrogens is 2. The molecule has 0 spiro atoms. The number of fused-ring (bicyclic) bond motifs is 6. The van der Waals surface area contributed by atoms with Crippen molar-refractivity contribution in [2.45, 2.75) is 32.4 Å². The van der Waals surface area contributed by atoms with Gasteiger partial charge in [0.05, 0.1) is 23.4 Å². The van der Waals surface area contributed by atoms with Gasteiger partial charge in [-0.15, -0.1) is 0 Å². The van der Waals surface area contributed by atoms with Gasteiger partial charge in [0.25, 0.3) is 5.91 Å². The first-order valence-corrected chi connectivity index (χ1v) is 10.8. The van der Waals surface area contributed by atoms with Crippen molar-refractivity contribution in [2.24, 2.45) is 0 Å². The number of nitrogens with one attached hydrogen (secondary N) is 1. The number of hydrogen-bond donors (Lipinski definition) is 2. The van der Waals surface area contributed by atoms with Crippen molar-refractivity contribution in [1.82, 2.24) is 14.9 Å². The summed E-state index contributed by atoms with van der Waals surface area (Å²) in [6.07, 6.45) is 0.322. The van der Waals surface area contributed by atoms with Crippen molar-refractivity contribution in [3.8, 4) is 11.5 Å². The molecule has 0 saturated carbocycles. The van der Waals surface area contributed by atoms with E-state index in [0.29, 0.717) is 25.9 Å². The van der Waals surface area contributed by atoms with Gasteiger partial charge in [-0.3, -0.25) is 9.78 Å². The van der Waals surface area contributed by atoms with Gasteiger partial charge in [-0.2, -0.15) is 0 Å². The minimum atomic E-state index is -1.01. The summed E-state index contributed by atoms with van der Waals surface area (Å²) in [6, 6.07) is 14.3. The summed E-state index contributed by atoms with van der Waals surface area (Å²) in [6.45, 7) is 2.74. The van der Waals surface area contributed by atoms with Crippen molar-refractivity contribution in [3.05, 3.63) is 65.0 Å². The van der Waals surface area contributed by atoms with E-state index in [1.807, 2.05) is 30.3 Å². The fourth-order valence-corrected chi connectivity index (χ4v) is 4.83. The zero-order valence-electron chi connectivity index (χ0n) is 17.7. The number of para-hydroxylation sites is 1. The van der Waals surface area contributed by atoms with Gasteiger partial charge < -0.3 is 24.5 Å². The second-order valence-electron chi connectivity index (χ2n) is 8.45. The lowest BCUT2D eigenvalue weighted by Crippen LogP contribution is -2.41. The van der Waals surface area contributed by atoms with Crippen LogP contribution in [-0.4, -0.2) is 45.3 Å². The van der Waals surface area contributed by atoms with Crippen LogP contribution >= 0.6 is 0 Å². The average Bonchev–Trinajstić information content (AvgIpc) is 3.42. The lowest BCUT2D eigenvalue weighted by molar-refractivity contribution is -0.140. The molecule has 2 aliphatic heterocycles. The van der Waals surface area contributed by atoms with Crippen LogP contribution in [0.3, 0.4) is 0 Å². The zero-order chi connectivity index (χ0) is 21.8. The minimum Gasteiger partial charge on any atom is -0.454 e. The molecule has 1 atom stereocenters. The number of hydrogen-bond acceptors (Lipinski definition) is 5. The first-order chi connectivity index (χ1) is 15.6. The first kappa shape index (κ1) is 19.1. The van der Waals surface area contributed by atoms with E-state index in [1.165, 1.54) is 23.3 Å². The van der Waals surface area contributed by atoms with Crippen molar-refractivity contribution in [1.29, 1.82) is 0 Å². The summed E-state index contributed by atoms with van der Waals surface area (Å²) < 4.78 is 11.0. The molecule has 1 unspecified atom stereocenters. The van der Waals surface area contributed by atoms with Gasteiger partial charge in [-0.05, 0) is 42.7 Å². The molecule has 0 radical (unpaired) electrons. The van der Waals surface area contributed by atoms with Gasteiger partial charge in [-0.1, -0.05) is 24.3 Å². The highest BCUT2D eigenvalue weighted by molar-refractivity contribution is 6.10. The number of aliphatic hydroxyl groups is 1. The summed E-state index contributed by atoms with van der Waals surface area (Å²) in [7, 11) is 0. The third-order valence-electron chi connectivity index (χ3n) is 6.36. The molecule has 32 heavy (non-hydrogen) atoms. The molecule has 0 fully saturated rings. The summed E-state index contributed by atoms with van der Waals surface area (Å²) in [5.41, 5.74) is 6.21. The molecule has 4 aromatic rings. The number of aromatic amines is 1. The molecule has 2 aliphatic rings. The van der Waals surface area contributed by atoms with Crippen LogP contribution in [0.15, 0.2) is 42.5 Å². The van der Waals surface area contributed by atoms with Gasteiger partial charge in [0, 0.05) is 29.3 Å². The Labute approximate surface area is 184 Å². The Balaban J connectivity index is 1.50. The molecule has 0 saturated heterocycles. The maximum atomic E-state index is 12.4. The van der Waals surface area contributed by atoms with Gasteiger partial charge >= 0.3 is 0 Å². The predicted molar refractivity (Wildman–Crippen MR) is 120 cm³/mol. The molecule has 7 heteroatoms. The summed E-state index contributed by atoms with van der Waals surface area (Å²) in [4.78, 5) is 22.8.